The zero-order valence-corrected chi connectivity index (χ0v) is 7.07. The van der Waals surface area contributed by atoms with Gasteiger partial charge in [-0.2, -0.15) is 5.11 Å². The largest absolute Gasteiger partial charge is 0.245 e. The van der Waals surface area contributed by atoms with Gasteiger partial charge < -0.3 is 0 Å². The van der Waals surface area contributed by atoms with E-state index >= 15 is 0 Å². The molecule has 0 aromatic heterocycles. The SMILES string of the molecule is Cc1ccc(N2CCN=N2)cc1. The summed E-state index contributed by atoms with van der Waals surface area (Å²) in [4.78, 5) is 0. The van der Waals surface area contributed by atoms with Gasteiger partial charge in [0.15, 0.2) is 0 Å². The van der Waals surface area contributed by atoms with Crippen molar-refractivity contribution in [1.29, 1.82) is 0 Å². The van der Waals surface area contributed by atoms with E-state index in [0.29, 0.717) is 0 Å². The summed E-state index contributed by atoms with van der Waals surface area (Å²) in [7, 11) is 0. The third-order valence-electron chi connectivity index (χ3n) is 1.92. The molecule has 0 saturated heterocycles. The van der Waals surface area contributed by atoms with Crippen molar-refractivity contribution in [3.05, 3.63) is 29.8 Å². The van der Waals surface area contributed by atoms with Gasteiger partial charge in [-0.3, -0.25) is 0 Å². The predicted octanol–water partition coefficient (Wildman–Crippen LogP) is 2.18. The Morgan fingerprint density at radius 2 is 2.00 bits per heavy atom. The van der Waals surface area contributed by atoms with Crippen molar-refractivity contribution in [2.24, 2.45) is 10.3 Å². The Bertz CT molecular complexity index is 289. The first-order valence-electron chi connectivity index (χ1n) is 4.08. The van der Waals surface area contributed by atoms with Crippen LogP contribution in [0, 0.1) is 6.92 Å². The van der Waals surface area contributed by atoms with Gasteiger partial charge in [0.25, 0.3) is 0 Å². The molecule has 0 aliphatic carbocycles. The van der Waals surface area contributed by atoms with E-state index in [9.17, 15) is 0 Å². The highest BCUT2D eigenvalue weighted by Gasteiger charge is 2.08. The van der Waals surface area contributed by atoms with Crippen LogP contribution in [0.5, 0.6) is 0 Å². The van der Waals surface area contributed by atoms with Crippen LogP contribution in [0.3, 0.4) is 0 Å². The van der Waals surface area contributed by atoms with E-state index in [-0.39, 0.29) is 0 Å². The average Bonchev–Trinajstić information content (AvgIpc) is 2.58. The quantitative estimate of drug-likeness (QED) is 0.620. The van der Waals surface area contributed by atoms with Gasteiger partial charge in [-0.25, -0.2) is 5.01 Å². The van der Waals surface area contributed by atoms with Gasteiger partial charge in [-0.1, -0.05) is 22.9 Å². The molecule has 0 saturated carbocycles. The number of rotatable bonds is 1. The Morgan fingerprint density at radius 3 is 2.58 bits per heavy atom. The van der Waals surface area contributed by atoms with Gasteiger partial charge in [-0.05, 0) is 19.1 Å². The molecule has 1 aliphatic rings. The van der Waals surface area contributed by atoms with Crippen LogP contribution >= 0.6 is 0 Å². The normalized spacial score (nSPS) is 15.6. The lowest BCUT2D eigenvalue weighted by Crippen LogP contribution is -2.13. The summed E-state index contributed by atoms with van der Waals surface area (Å²) in [5, 5.41) is 9.82. The van der Waals surface area contributed by atoms with E-state index in [1.807, 2.05) is 5.01 Å². The first-order chi connectivity index (χ1) is 5.86. The molecule has 1 aliphatic heterocycles. The van der Waals surface area contributed by atoms with Crippen LogP contribution < -0.4 is 5.01 Å². The van der Waals surface area contributed by atoms with Crippen molar-refractivity contribution in [3.8, 4) is 0 Å². The Kier molecular flexibility index (Phi) is 1.78. The third-order valence-corrected chi connectivity index (χ3v) is 1.92. The summed E-state index contributed by atoms with van der Waals surface area (Å²) in [6.45, 7) is 3.80. The van der Waals surface area contributed by atoms with Crippen LogP contribution in [0.15, 0.2) is 34.6 Å². The van der Waals surface area contributed by atoms with Gasteiger partial charge in [0.1, 0.15) is 0 Å². The molecule has 1 aromatic rings. The first-order valence-corrected chi connectivity index (χ1v) is 4.08. The highest BCUT2D eigenvalue weighted by atomic mass is 15.6. The minimum Gasteiger partial charge on any atom is -0.245 e. The summed E-state index contributed by atoms with van der Waals surface area (Å²) in [5.74, 6) is 0. The number of benzene rings is 1. The van der Waals surface area contributed by atoms with Crippen LogP contribution in [0.25, 0.3) is 0 Å². The van der Waals surface area contributed by atoms with E-state index in [1.165, 1.54) is 5.56 Å². The topological polar surface area (TPSA) is 28.0 Å². The molecule has 0 spiro atoms. The van der Waals surface area contributed by atoms with Gasteiger partial charge in [0.2, 0.25) is 0 Å². The molecule has 0 fully saturated rings. The smallest absolute Gasteiger partial charge is 0.0817 e. The number of nitrogens with zero attached hydrogens (tertiary/aromatic N) is 3. The first kappa shape index (κ1) is 7.28. The van der Waals surface area contributed by atoms with Crippen LogP contribution in [0.1, 0.15) is 5.56 Å². The van der Waals surface area contributed by atoms with Gasteiger partial charge in [0.05, 0.1) is 18.8 Å². The molecule has 1 aromatic carbocycles. The van der Waals surface area contributed by atoms with Crippen molar-refractivity contribution < 1.29 is 0 Å². The Morgan fingerprint density at radius 1 is 1.25 bits per heavy atom. The predicted molar refractivity (Wildman–Crippen MR) is 48.2 cm³/mol. The maximum atomic E-state index is 3.99. The van der Waals surface area contributed by atoms with Crippen LogP contribution in [-0.2, 0) is 0 Å². The molecule has 0 radical (unpaired) electrons. The molecule has 3 heteroatoms. The van der Waals surface area contributed by atoms with Crippen molar-refractivity contribution >= 4 is 5.69 Å². The molecule has 62 valence electrons. The molecule has 0 unspecified atom stereocenters. The van der Waals surface area contributed by atoms with E-state index in [1.54, 1.807) is 0 Å². The van der Waals surface area contributed by atoms with Gasteiger partial charge in [-0.15, -0.1) is 0 Å². The highest BCUT2D eigenvalue weighted by molar-refractivity contribution is 5.46. The van der Waals surface area contributed by atoms with Crippen molar-refractivity contribution in [2.75, 3.05) is 18.1 Å². The third kappa shape index (κ3) is 1.30. The molecular formula is C9H11N3. The fraction of sp³-hybridized carbons (Fsp3) is 0.333. The lowest BCUT2D eigenvalue weighted by atomic mass is 10.2. The van der Waals surface area contributed by atoms with Gasteiger partial charge in [0, 0.05) is 0 Å². The van der Waals surface area contributed by atoms with Crippen molar-refractivity contribution in [3.63, 3.8) is 0 Å². The standard InChI is InChI=1S/C9H11N3/c1-8-2-4-9(5-3-8)12-7-6-10-11-12/h2-5H,6-7H2,1H3. The fourth-order valence-corrected chi connectivity index (χ4v) is 1.20. The van der Waals surface area contributed by atoms with Crippen LogP contribution in [0.4, 0.5) is 5.69 Å². The molecule has 0 atom stereocenters. The molecule has 1 heterocycles. The Labute approximate surface area is 71.7 Å². The van der Waals surface area contributed by atoms with Gasteiger partial charge >= 0.3 is 0 Å². The molecule has 0 N–H and O–H groups in total. The molecule has 12 heavy (non-hydrogen) atoms. The van der Waals surface area contributed by atoms with E-state index in [4.69, 9.17) is 0 Å². The number of hydrogen-bond donors (Lipinski definition) is 0. The molecule has 3 nitrogen and oxygen atoms in total. The molecular weight excluding hydrogens is 150 g/mol. The van der Waals surface area contributed by atoms with Crippen molar-refractivity contribution in [1.82, 2.24) is 0 Å². The second-order valence-electron chi connectivity index (χ2n) is 2.91. The fourth-order valence-electron chi connectivity index (χ4n) is 1.20. The summed E-state index contributed by atoms with van der Waals surface area (Å²) < 4.78 is 0. The monoisotopic (exact) mass is 161 g/mol. The second-order valence-corrected chi connectivity index (χ2v) is 2.91. The number of anilines is 1. The van der Waals surface area contributed by atoms with Crippen LogP contribution in [0.2, 0.25) is 0 Å². The van der Waals surface area contributed by atoms with E-state index in [2.05, 4.69) is 41.5 Å². The lowest BCUT2D eigenvalue weighted by molar-refractivity contribution is 0.943. The maximum Gasteiger partial charge on any atom is 0.0817 e. The zero-order chi connectivity index (χ0) is 8.39. The zero-order valence-electron chi connectivity index (χ0n) is 7.07. The highest BCUT2D eigenvalue weighted by Crippen LogP contribution is 2.17. The summed E-state index contributed by atoms with van der Waals surface area (Å²) in [6, 6.07) is 8.31. The molecule has 0 bridgehead atoms. The maximum absolute atomic E-state index is 3.99. The summed E-state index contributed by atoms with van der Waals surface area (Å²) in [5.41, 5.74) is 2.40. The van der Waals surface area contributed by atoms with Crippen LogP contribution in [-0.4, -0.2) is 13.1 Å². The summed E-state index contributed by atoms with van der Waals surface area (Å²) in [6.07, 6.45) is 0. The lowest BCUT2D eigenvalue weighted by Gasteiger charge is -2.10. The number of aryl methyl sites for hydroxylation is 1. The summed E-state index contributed by atoms with van der Waals surface area (Å²) >= 11 is 0. The van der Waals surface area contributed by atoms with E-state index < -0.39 is 0 Å². The molecule has 0 amide bonds. The Balaban J connectivity index is 2.23. The molecule has 2 rings (SSSR count). The van der Waals surface area contributed by atoms with Crippen molar-refractivity contribution in [2.45, 2.75) is 6.92 Å². The Hall–Kier alpha value is -1.38. The minimum atomic E-state index is 0.813. The minimum absolute atomic E-state index is 0.813. The number of hydrogen-bond acceptors (Lipinski definition) is 3. The van der Waals surface area contributed by atoms with E-state index in [0.717, 1.165) is 18.8 Å². The average molecular weight is 161 g/mol. The second kappa shape index (κ2) is 2.93.